The van der Waals surface area contributed by atoms with E-state index in [2.05, 4.69) is 5.16 Å². The second kappa shape index (κ2) is 13.8. The van der Waals surface area contributed by atoms with Gasteiger partial charge in [0.05, 0.1) is 18.8 Å². The fraction of sp³-hybridized carbons (Fsp3) is 0.357. The van der Waals surface area contributed by atoms with Gasteiger partial charge in [0.1, 0.15) is 18.8 Å². The fourth-order valence-corrected chi connectivity index (χ4v) is 3.46. The van der Waals surface area contributed by atoms with Crippen LogP contribution in [0.15, 0.2) is 65.3 Å². The zero-order valence-electron chi connectivity index (χ0n) is 20.8. The average molecular weight is 493 g/mol. The van der Waals surface area contributed by atoms with Crippen molar-refractivity contribution in [1.29, 1.82) is 0 Å². The molecule has 0 saturated heterocycles. The number of carbonyl (C=O) groups is 3. The van der Waals surface area contributed by atoms with Crippen molar-refractivity contribution in [2.75, 3.05) is 31.2 Å². The summed E-state index contributed by atoms with van der Waals surface area (Å²) in [7, 11) is 0. The standard InChI is InChI=1S/C28H32N2O6/c1-3-5-16-34-25(31)19-30(20-26(32)35-17-6-4-2)23-14-12-21(13-15-23)18-24-27(29-36-28(24)33)22-10-8-7-9-11-22/h7-15,18H,3-6,16-17,19-20H2,1-2H3. The average Bonchev–Trinajstić information content (AvgIpc) is 3.25. The van der Waals surface area contributed by atoms with Crippen molar-refractivity contribution in [3.63, 3.8) is 0 Å². The van der Waals surface area contributed by atoms with Gasteiger partial charge in [-0.05, 0) is 36.6 Å². The molecule has 0 aromatic heterocycles. The molecule has 0 radical (unpaired) electrons. The van der Waals surface area contributed by atoms with Crippen LogP contribution in [0, 0.1) is 0 Å². The summed E-state index contributed by atoms with van der Waals surface area (Å²) in [5.74, 6) is -1.34. The van der Waals surface area contributed by atoms with Crippen LogP contribution in [0.4, 0.5) is 5.69 Å². The number of anilines is 1. The highest BCUT2D eigenvalue weighted by Gasteiger charge is 2.26. The van der Waals surface area contributed by atoms with Gasteiger partial charge in [-0.2, -0.15) is 0 Å². The molecule has 0 amide bonds. The zero-order chi connectivity index (χ0) is 25.8. The van der Waals surface area contributed by atoms with Crippen LogP contribution in [0.5, 0.6) is 0 Å². The normalized spacial score (nSPS) is 13.8. The Morgan fingerprint density at radius 1 is 0.889 bits per heavy atom. The van der Waals surface area contributed by atoms with Crippen LogP contribution in [0.3, 0.4) is 0 Å². The van der Waals surface area contributed by atoms with E-state index in [-0.39, 0.29) is 13.1 Å². The minimum atomic E-state index is -0.524. The van der Waals surface area contributed by atoms with Gasteiger partial charge in [0.2, 0.25) is 0 Å². The summed E-state index contributed by atoms with van der Waals surface area (Å²) in [5, 5.41) is 3.92. The minimum Gasteiger partial charge on any atom is -0.464 e. The molecule has 0 atom stereocenters. The second-order valence-electron chi connectivity index (χ2n) is 8.34. The summed E-state index contributed by atoms with van der Waals surface area (Å²) in [5.41, 5.74) is 3.00. The van der Waals surface area contributed by atoms with Crippen molar-refractivity contribution >= 4 is 35.4 Å². The summed E-state index contributed by atoms with van der Waals surface area (Å²) >= 11 is 0. The molecule has 0 spiro atoms. The first-order valence-electron chi connectivity index (χ1n) is 12.2. The van der Waals surface area contributed by atoms with Gasteiger partial charge in [-0.1, -0.05) is 74.3 Å². The Bertz CT molecular complexity index is 1070. The van der Waals surface area contributed by atoms with Crippen molar-refractivity contribution in [3.8, 4) is 0 Å². The smallest absolute Gasteiger partial charge is 0.368 e. The van der Waals surface area contributed by atoms with Gasteiger partial charge < -0.3 is 19.2 Å². The molecule has 1 heterocycles. The molecule has 36 heavy (non-hydrogen) atoms. The molecule has 2 aromatic rings. The van der Waals surface area contributed by atoms with Crippen LogP contribution in [-0.2, 0) is 28.7 Å². The van der Waals surface area contributed by atoms with Crippen molar-refractivity contribution in [3.05, 3.63) is 71.3 Å². The SMILES string of the molecule is CCCCOC(=O)CN(CC(=O)OCCCC)c1ccc(C=C2C(=O)ON=C2c2ccccc2)cc1. The molecule has 3 rings (SSSR count). The van der Waals surface area contributed by atoms with E-state index < -0.39 is 17.9 Å². The van der Waals surface area contributed by atoms with E-state index in [1.165, 1.54) is 0 Å². The molecule has 0 unspecified atom stereocenters. The molecule has 190 valence electrons. The highest BCUT2D eigenvalue weighted by molar-refractivity contribution is 6.31. The molecular formula is C28H32N2O6. The molecule has 0 fully saturated rings. The molecule has 0 aliphatic carbocycles. The van der Waals surface area contributed by atoms with Crippen LogP contribution in [0.25, 0.3) is 6.08 Å². The Morgan fingerprint density at radius 2 is 1.47 bits per heavy atom. The van der Waals surface area contributed by atoms with Crippen LogP contribution in [0.2, 0.25) is 0 Å². The fourth-order valence-electron chi connectivity index (χ4n) is 3.46. The second-order valence-corrected chi connectivity index (χ2v) is 8.34. The van der Waals surface area contributed by atoms with Crippen LogP contribution < -0.4 is 4.90 Å². The monoisotopic (exact) mass is 492 g/mol. The van der Waals surface area contributed by atoms with Gasteiger partial charge >= 0.3 is 17.9 Å². The van der Waals surface area contributed by atoms with Crippen molar-refractivity contribution in [1.82, 2.24) is 0 Å². The van der Waals surface area contributed by atoms with E-state index in [0.717, 1.165) is 36.8 Å². The highest BCUT2D eigenvalue weighted by atomic mass is 16.7. The van der Waals surface area contributed by atoms with Crippen LogP contribution in [0.1, 0.15) is 50.7 Å². The number of benzene rings is 2. The maximum atomic E-state index is 12.4. The van der Waals surface area contributed by atoms with Gasteiger partial charge in [0.15, 0.2) is 0 Å². The lowest BCUT2D eigenvalue weighted by Gasteiger charge is -2.23. The number of oxime groups is 1. The van der Waals surface area contributed by atoms with Gasteiger partial charge in [0.25, 0.3) is 0 Å². The Morgan fingerprint density at radius 3 is 2.03 bits per heavy atom. The largest absolute Gasteiger partial charge is 0.464 e. The number of hydrogen-bond acceptors (Lipinski definition) is 8. The van der Waals surface area contributed by atoms with E-state index in [1.54, 1.807) is 35.2 Å². The molecule has 0 N–H and O–H groups in total. The van der Waals surface area contributed by atoms with E-state index >= 15 is 0 Å². The summed E-state index contributed by atoms with van der Waals surface area (Å²) < 4.78 is 10.6. The lowest BCUT2D eigenvalue weighted by atomic mass is 10.0. The van der Waals surface area contributed by atoms with Gasteiger partial charge in [-0.15, -0.1) is 0 Å². The highest BCUT2D eigenvalue weighted by Crippen LogP contribution is 2.22. The first-order valence-corrected chi connectivity index (χ1v) is 12.2. The number of ether oxygens (including phenoxy) is 2. The molecule has 0 saturated carbocycles. The zero-order valence-corrected chi connectivity index (χ0v) is 20.8. The van der Waals surface area contributed by atoms with Crippen molar-refractivity contribution in [2.45, 2.75) is 39.5 Å². The van der Waals surface area contributed by atoms with Crippen LogP contribution in [-0.4, -0.2) is 49.9 Å². The lowest BCUT2D eigenvalue weighted by molar-refractivity contribution is -0.143. The Labute approximate surface area is 211 Å². The molecular weight excluding hydrogens is 460 g/mol. The molecule has 1 aliphatic rings. The number of nitrogens with zero attached hydrogens (tertiary/aromatic N) is 2. The summed E-state index contributed by atoms with van der Waals surface area (Å²) in [4.78, 5) is 43.5. The van der Waals surface area contributed by atoms with Crippen molar-refractivity contribution < 1.29 is 28.7 Å². The molecule has 0 bridgehead atoms. The van der Waals surface area contributed by atoms with E-state index in [9.17, 15) is 14.4 Å². The third-order valence-corrected chi connectivity index (χ3v) is 5.47. The van der Waals surface area contributed by atoms with Gasteiger partial charge in [-0.25, -0.2) is 4.79 Å². The number of rotatable bonds is 13. The third kappa shape index (κ3) is 7.80. The topological polar surface area (TPSA) is 94.5 Å². The summed E-state index contributed by atoms with van der Waals surface area (Å²) in [6, 6.07) is 16.5. The van der Waals surface area contributed by atoms with E-state index in [0.29, 0.717) is 30.2 Å². The summed E-state index contributed by atoms with van der Waals surface area (Å²) in [6.07, 6.45) is 5.10. The maximum Gasteiger partial charge on any atom is 0.368 e. The van der Waals surface area contributed by atoms with Gasteiger partial charge in [-0.3, -0.25) is 9.59 Å². The predicted molar refractivity (Wildman–Crippen MR) is 137 cm³/mol. The summed E-state index contributed by atoms with van der Waals surface area (Å²) in [6.45, 7) is 4.57. The first kappa shape index (κ1) is 26.7. The van der Waals surface area contributed by atoms with Gasteiger partial charge in [0, 0.05) is 11.3 Å². The molecule has 1 aliphatic heterocycles. The maximum absolute atomic E-state index is 12.4. The molecule has 2 aromatic carbocycles. The number of unbranched alkanes of at least 4 members (excludes halogenated alkanes) is 2. The van der Waals surface area contributed by atoms with E-state index in [1.807, 2.05) is 44.2 Å². The number of esters is 2. The quantitative estimate of drug-likeness (QED) is 0.176. The van der Waals surface area contributed by atoms with Crippen LogP contribution >= 0.6 is 0 Å². The lowest BCUT2D eigenvalue weighted by Crippen LogP contribution is -2.36. The van der Waals surface area contributed by atoms with Crippen molar-refractivity contribution in [2.24, 2.45) is 5.16 Å². The molecule has 8 nitrogen and oxygen atoms in total. The third-order valence-electron chi connectivity index (χ3n) is 5.47. The Hall–Kier alpha value is -3.94. The number of carbonyl (C=O) groups excluding carboxylic acids is 3. The Kier molecular flexibility index (Phi) is 10.2. The predicted octanol–water partition coefficient (Wildman–Crippen LogP) is 4.52. The number of hydrogen-bond donors (Lipinski definition) is 0. The minimum absolute atomic E-state index is 0.0792. The molecule has 8 heteroatoms. The Balaban J connectivity index is 1.76. The first-order chi connectivity index (χ1) is 17.5. The van der Waals surface area contributed by atoms with E-state index in [4.69, 9.17) is 14.3 Å².